The van der Waals surface area contributed by atoms with Gasteiger partial charge in [0.1, 0.15) is 5.75 Å². The second-order valence-corrected chi connectivity index (χ2v) is 6.59. The minimum absolute atomic E-state index is 0.271. The molecule has 8 nitrogen and oxygen atoms in total. The van der Waals surface area contributed by atoms with Crippen LogP contribution in [0.1, 0.15) is 21.5 Å². The number of hydrogen-bond acceptors (Lipinski definition) is 6. The number of nitrogens with one attached hydrogen (secondary N) is 1. The molecule has 4 aromatic rings. The van der Waals surface area contributed by atoms with E-state index in [9.17, 15) is 9.90 Å². The van der Waals surface area contributed by atoms with Gasteiger partial charge in [0.25, 0.3) is 0 Å². The number of carbonyl (C=O) groups is 1. The molecule has 0 atom stereocenters. The van der Waals surface area contributed by atoms with E-state index in [0.717, 1.165) is 16.9 Å². The van der Waals surface area contributed by atoms with Crippen LogP contribution >= 0.6 is 0 Å². The number of aromatic nitrogens is 4. The van der Waals surface area contributed by atoms with Crippen molar-refractivity contribution in [3.05, 3.63) is 89.5 Å². The van der Waals surface area contributed by atoms with Crippen molar-refractivity contribution in [1.29, 1.82) is 0 Å². The van der Waals surface area contributed by atoms with Crippen LogP contribution in [0.3, 0.4) is 0 Å². The molecule has 30 heavy (non-hydrogen) atoms. The maximum Gasteiger partial charge on any atom is 0.345 e. The lowest BCUT2D eigenvalue weighted by atomic mass is 10.1. The van der Waals surface area contributed by atoms with Crippen LogP contribution in [0.4, 0.5) is 5.69 Å². The molecular formula is C22H19N5O3. The molecular weight excluding hydrogens is 382 g/mol. The smallest absolute Gasteiger partial charge is 0.345 e. The van der Waals surface area contributed by atoms with Gasteiger partial charge in [0, 0.05) is 12.2 Å². The van der Waals surface area contributed by atoms with Gasteiger partial charge in [-0.25, -0.2) is 4.79 Å². The summed E-state index contributed by atoms with van der Waals surface area (Å²) in [5.74, 6) is -0.328. The van der Waals surface area contributed by atoms with Crippen LogP contribution in [0.25, 0.3) is 5.69 Å². The first-order valence-corrected chi connectivity index (χ1v) is 9.29. The standard InChI is InChI=1S/C22H19N5O3/c1-15-19(21(28)29)8-5-9-20(15)23-14-16-10-12-18(13-11-16)30-22-24-25-26-27(22)17-6-3-2-4-7-17/h2-13,23H,14H2,1H3,(H,28,29). The third-order valence-electron chi connectivity index (χ3n) is 4.62. The SMILES string of the molecule is Cc1c(NCc2ccc(Oc3nnnn3-c3ccccc3)cc2)cccc1C(=O)O. The molecule has 0 fully saturated rings. The van der Waals surface area contributed by atoms with E-state index in [0.29, 0.717) is 23.4 Å². The lowest BCUT2D eigenvalue weighted by molar-refractivity contribution is 0.0696. The first-order chi connectivity index (χ1) is 14.6. The Hall–Kier alpha value is -4.20. The van der Waals surface area contributed by atoms with Crippen molar-refractivity contribution in [2.24, 2.45) is 0 Å². The van der Waals surface area contributed by atoms with Crippen LogP contribution in [0.15, 0.2) is 72.8 Å². The summed E-state index contributed by atoms with van der Waals surface area (Å²) in [6, 6.07) is 22.5. The molecule has 0 aliphatic heterocycles. The lowest BCUT2D eigenvalue weighted by Gasteiger charge is -2.12. The fourth-order valence-corrected chi connectivity index (χ4v) is 3.01. The second kappa shape index (κ2) is 8.44. The minimum atomic E-state index is -0.935. The Balaban J connectivity index is 1.43. The van der Waals surface area contributed by atoms with Crippen LogP contribution in [0, 0.1) is 6.92 Å². The summed E-state index contributed by atoms with van der Waals surface area (Å²) < 4.78 is 7.35. The van der Waals surface area contributed by atoms with Gasteiger partial charge in [0.05, 0.1) is 11.3 Å². The number of carboxylic acid groups (broad SMARTS) is 1. The van der Waals surface area contributed by atoms with Crippen LogP contribution in [-0.2, 0) is 6.54 Å². The zero-order valence-corrected chi connectivity index (χ0v) is 16.2. The van der Waals surface area contributed by atoms with Gasteiger partial charge in [-0.15, -0.1) is 0 Å². The molecule has 0 bridgehead atoms. The van der Waals surface area contributed by atoms with Gasteiger partial charge in [0.2, 0.25) is 0 Å². The molecule has 0 radical (unpaired) electrons. The molecule has 4 rings (SSSR count). The Bertz CT molecular complexity index is 1160. The summed E-state index contributed by atoms with van der Waals surface area (Å²) in [5, 5.41) is 24.1. The van der Waals surface area contributed by atoms with Crippen molar-refractivity contribution in [3.8, 4) is 17.4 Å². The average molecular weight is 401 g/mol. The summed E-state index contributed by atoms with van der Waals surface area (Å²) in [6.07, 6.45) is 0. The fraction of sp³-hybridized carbons (Fsp3) is 0.0909. The van der Waals surface area contributed by atoms with Gasteiger partial charge in [0.15, 0.2) is 0 Å². The highest BCUT2D eigenvalue weighted by Gasteiger charge is 2.11. The lowest BCUT2D eigenvalue weighted by Crippen LogP contribution is -2.05. The molecule has 1 heterocycles. The van der Waals surface area contributed by atoms with Gasteiger partial charge in [-0.3, -0.25) is 0 Å². The Kier molecular flexibility index (Phi) is 5.38. The first-order valence-electron chi connectivity index (χ1n) is 9.29. The van der Waals surface area contributed by atoms with E-state index in [-0.39, 0.29) is 6.01 Å². The number of rotatable bonds is 7. The molecule has 0 amide bonds. The number of para-hydroxylation sites is 1. The van der Waals surface area contributed by atoms with E-state index in [1.54, 1.807) is 19.1 Å². The van der Waals surface area contributed by atoms with Crippen LogP contribution in [0.2, 0.25) is 0 Å². The summed E-state index contributed by atoms with van der Waals surface area (Å²) in [6.45, 7) is 2.34. The topological polar surface area (TPSA) is 102 Å². The summed E-state index contributed by atoms with van der Waals surface area (Å²) in [7, 11) is 0. The monoisotopic (exact) mass is 401 g/mol. The number of aromatic carboxylic acids is 1. The van der Waals surface area contributed by atoms with E-state index in [1.165, 1.54) is 4.68 Å². The summed E-state index contributed by atoms with van der Waals surface area (Å²) in [5.41, 5.74) is 3.61. The molecule has 150 valence electrons. The van der Waals surface area contributed by atoms with Crippen LogP contribution in [-0.4, -0.2) is 31.3 Å². The molecule has 0 saturated heterocycles. The van der Waals surface area contributed by atoms with Crippen molar-refractivity contribution >= 4 is 11.7 Å². The van der Waals surface area contributed by atoms with Crippen molar-refractivity contribution in [1.82, 2.24) is 20.2 Å². The highest BCUT2D eigenvalue weighted by molar-refractivity contribution is 5.91. The van der Waals surface area contributed by atoms with Crippen molar-refractivity contribution in [2.75, 3.05) is 5.32 Å². The quantitative estimate of drug-likeness (QED) is 0.481. The molecule has 3 aromatic carbocycles. The number of carboxylic acids is 1. The number of hydrogen-bond donors (Lipinski definition) is 2. The largest absolute Gasteiger partial charge is 0.478 e. The van der Waals surface area contributed by atoms with E-state index in [1.807, 2.05) is 60.7 Å². The summed E-state index contributed by atoms with van der Waals surface area (Å²) >= 11 is 0. The van der Waals surface area contributed by atoms with E-state index >= 15 is 0 Å². The van der Waals surface area contributed by atoms with E-state index in [2.05, 4.69) is 20.8 Å². The molecule has 2 N–H and O–H groups in total. The second-order valence-electron chi connectivity index (χ2n) is 6.59. The van der Waals surface area contributed by atoms with Crippen molar-refractivity contribution in [2.45, 2.75) is 13.5 Å². The van der Waals surface area contributed by atoms with Gasteiger partial charge >= 0.3 is 12.0 Å². The highest BCUT2D eigenvalue weighted by atomic mass is 16.5. The average Bonchev–Trinajstić information content (AvgIpc) is 3.22. The molecule has 1 aromatic heterocycles. The van der Waals surface area contributed by atoms with Crippen molar-refractivity contribution in [3.63, 3.8) is 0 Å². The Morgan fingerprint density at radius 2 is 1.80 bits per heavy atom. The minimum Gasteiger partial charge on any atom is -0.478 e. The first kappa shape index (κ1) is 19.1. The normalized spacial score (nSPS) is 10.6. The van der Waals surface area contributed by atoms with Crippen LogP contribution in [0.5, 0.6) is 11.8 Å². The third-order valence-corrected chi connectivity index (χ3v) is 4.62. The number of tetrazole rings is 1. The summed E-state index contributed by atoms with van der Waals surface area (Å²) in [4.78, 5) is 11.3. The molecule has 0 unspecified atom stereocenters. The third kappa shape index (κ3) is 4.12. The zero-order chi connectivity index (χ0) is 20.9. The van der Waals surface area contributed by atoms with Crippen LogP contribution < -0.4 is 10.1 Å². The Morgan fingerprint density at radius 3 is 2.53 bits per heavy atom. The molecule has 8 heteroatoms. The highest BCUT2D eigenvalue weighted by Crippen LogP contribution is 2.23. The predicted octanol–water partition coefficient (Wildman–Crippen LogP) is 4.07. The fourth-order valence-electron chi connectivity index (χ4n) is 3.01. The number of anilines is 1. The molecule has 0 spiro atoms. The maximum atomic E-state index is 11.3. The van der Waals surface area contributed by atoms with Gasteiger partial charge in [-0.05, 0) is 64.9 Å². The van der Waals surface area contributed by atoms with E-state index in [4.69, 9.17) is 4.74 Å². The Morgan fingerprint density at radius 1 is 1.03 bits per heavy atom. The van der Waals surface area contributed by atoms with E-state index < -0.39 is 5.97 Å². The zero-order valence-electron chi connectivity index (χ0n) is 16.2. The molecule has 0 aliphatic carbocycles. The molecule has 0 saturated carbocycles. The van der Waals surface area contributed by atoms with Crippen molar-refractivity contribution < 1.29 is 14.6 Å². The number of benzene rings is 3. The Labute approximate surface area is 172 Å². The number of ether oxygens (including phenoxy) is 1. The maximum absolute atomic E-state index is 11.3. The number of nitrogens with zero attached hydrogens (tertiary/aromatic N) is 4. The van der Waals surface area contributed by atoms with Gasteiger partial charge in [-0.2, -0.15) is 4.68 Å². The predicted molar refractivity (Wildman–Crippen MR) is 111 cm³/mol. The molecule has 0 aliphatic rings. The van der Waals surface area contributed by atoms with Gasteiger partial charge < -0.3 is 15.2 Å². The van der Waals surface area contributed by atoms with Gasteiger partial charge in [-0.1, -0.05) is 41.5 Å².